The first-order valence-electron chi connectivity index (χ1n) is 10.2. The molecule has 0 aliphatic carbocycles. The molecule has 3 heterocycles. The molecule has 1 aliphatic heterocycles. The molecule has 8 heteroatoms. The van der Waals surface area contributed by atoms with E-state index in [1.54, 1.807) is 6.20 Å². The number of sulfonamides is 1. The molecule has 0 unspecified atom stereocenters. The molecule has 0 atom stereocenters. The van der Waals surface area contributed by atoms with Crippen LogP contribution >= 0.6 is 0 Å². The van der Waals surface area contributed by atoms with E-state index in [9.17, 15) is 12.8 Å². The van der Waals surface area contributed by atoms with Crippen molar-refractivity contribution in [1.29, 1.82) is 0 Å². The van der Waals surface area contributed by atoms with Crippen LogP contribution in [0.2, 0.25) is 0 Å². The van der Waals surface area contributed by atoms with Gasteiger partial charge in [-0.2, -0.15) is 4.31 Å². The van der Waals surface area contributed by atoms with Crippen molar-refractivity contribution in [2.24, 2.45) is 0 Å². The Labute approximate surface area is 180 Å². The molecule has 6 nitrogen and oxygen atoms in total. The van der Waals surface area contributed by atoms with Gasteiger partial charge in [0.25, 0.3) is 0 Å². The predicted octanol–water partition coefficient (Wildman–Crippen LogP) is 4.26. The minimum Gasteiger partial charge on any atom is -0.305 e. The Hall–Kier alpha value is -3.10. The molecule has 4 aromatic rings. The lowest BCUT2D eigenvalue weighted by Crippen LogP contribution is -2.39. The van der Waals surface area contributed by atoms with Crippen molar-refractivity contribution >= 4 is 21.2 Å². The number of hydrogen-bond acceptors (Lipinski definition) is 4. The summed E-state index contributed by atoms with van der Waals surface area (Å²) in [6, 6.07) is 18.8. The highest BCUT2D eigenvalue weighted by Gasteiger charge is 2.32. The lowest BCUT2D eigenvalue weighted by Gasteiger charge is -2.32. The monoisotopic (exact) mass is 436 g/mol. The zero-order valence-corrected chi connectivity index (χ0v) is 17.5. The molecule has 5 rings (SSSR count). The van der Waals surface area contributed by atoms with Crippen molar-refractivity contribution in [3.8, 4) is 11.4 Å². The molecule has 0 spiro atoms. The second-order valence-electron chi connectivity index (χ2n) is 7.61. The molecular formula is C23H21FN4O2S. The minimum absolute atomic E-state index is 0.0785. The summed E-state index contributed by atoms with van der Waals surface area (Å²) >= 11 is 0. The Morgan fingerprint density at radius 1 is 0.903 bits per heavy atom. The van der Waals surface area contributed by atoms with Gasteiger partial charge in [-0.15, -0.1) is 0 Å². The zero-order chi connectivity index (χ0) is 21.4. The van der Waals surface area contributed by atoms with E-state index in [4.69, 9.17) is 4.98 Å². The van der Waals surface area contributed by atoms with Gasteiger partial charge in [0.2, 0.25) is 10.0 Å². The van der Waals surface area contributed by atoms with E-state index in [0.29, 0.717) is 25.9 Å². The second kappa shape index (κ2) is 7.86. The highest BCUT2D eigenvalue weighted by Crippen LogP contribution is 2.33. The van der Waals surface area contributed by atoms with Crippen LogP contribution in [-0.2, 0) is 10.0 Å². The summed E-state index contributed by atoms with van der Waals surface area (Å²) in [7, 11) is -3.65. The molecule has 1 aliphatic rings. The number of rotatable bonds is 4. The smallest absolute Gasteiger partial charge is 0.243 e. The van der Waals surface area contributed by atoms with Gasteiger partial charge in [-0.05, 0) is 49.2 Å². The van der Waals surface area contributed by atoms with Gasteiger partial charge in [-0.25, -0.2) is 22.8 Å². The van der Waals surface area contributed by atoms with Crippen LogP contribution in [0.25, 0.3) is 22.6 Å². The van der Waals surface area contributed by atoms with Crippen LogP contribution in [0.5, 0.6) is 0 Å². The molecule has 0 amide bonds. The van der Waals surface area contributed by atoms with Crippen LogP contribution in [0.1, 0.15) is 18.9 Å². The van der Waals surface area contributed by atoms with Gasteiger partial charge in [0.1, 0.15) is 17.2 Å². The maximum atomic E-state index is 13.2. The van der Waals surface area contributed by atoms with Crippen LogP contribution in [0.15, 0.2) is 77.8 Å². The number of fused-ring (bicyclic) bond motifs is 1. The fourth-order valence-corrected chi connectivity index (χ4v) is 5.63. The second-order valence-corrected chi connectivity index (χ2v) is 9.54. The average molecular weight is 437 g/mol. The van der Waals surface area contributed by atoms with Gasteiger partial charge in [0, 0.05) is 30.9 Å². The van der Waals surface area contributed by atoms with Gasteiger partial charge >= 0.3 is 0 Å². The normalized spacial score (nSPS) is 16.0. The van der Waals surface area contributed by atoms with Crippen molar-refractivity contribution < 1.29 is 12.8 Å². The molecule has 1 fully saturated rings. The topological polar surface area (TPSA) is 68.1 Å². The molecule has 0 N–H and O–H groups in total. The summed E-state index contributed by atoms with van der Waals surface area (Å²) in [4.78, 5) is 9.49. The lowest BCUT2D eigenvalue weighted by atomic mass is 10.1. The number of benzene rings is 2. The first kappa shape index (κ1) is 19.8. The molecule has 31 heavy (non-hydrogen) atoms. The third kappa shape index (κ3) is 3.62. The first-order chi connectivity index (χ1) is 15.0. The molecule has 0 radical (unpaired) electrons. The molecule has 158 valence electrons. The standard InChI is InChI=1S/C23H21FN4O2S/c24-18-8-10-20(11-9-18)31(29,30)27-15-12-19(13-16-27)28-22(17-5-2-1-3-6-17)26-21-7-4-14-25-23(21)28/h1-11,14,19H,12-13,15-16H2. The summed E-state index contributed by atoms with van der Waals surface area (Å²) in [6.45, 7) is 0.760. The van der Waals surface area contributed by atoms with Crippen molar-refractivity contribution in [2.45, 2.75) is 23.8 Å². The zero-order valence-electron chi connectivity index (χ0n) is 16.7. The summed E-state index contributed by atoms with van der Waals surface area (Å²) in [6.07, 6.45) is 3.04. The van der Waals surface area contributed by atoms with Gasteiger partial charge in [0.05, 0.1) is 4.90 Å². The maximum absolute atomic E-state index is 13.2. The highest BCUT2D eigenvalue weighted by atomic mass is 32.2. The first-order valence-corrected chi connectivity index (χ1v) is 11.6. The number of pyridine rings is 1. The van der Waals surface area contributed by atoms with Crippen molar-refractivity contribution in [3.05, 3.63) is 78.7 Å². The third-order valence-corrected chi connectivity index (χ3v) is 7.63. The summed E-state index contributed by atoms with van der Waals surface area (Å²) in [5.41, 5.74) is 2.63. The molecule has 2 aromatic carbocycles. The quantitative estimate of drug-likeness (QED) is 0.479. The van der Waals surface area contributed by atoms with Crippen LogP contribution in [0.4, 0.5) is 4.39 Å². The van der Waals surface area contributed by atoms with Crippen LogP contribution in [0.3, 0.4) is 0 Å². The van der Waals surface area contributed by atoms with Crippen molar-refractivity contribution in [3.63, 3.8) is 0 Å². The Kier molecular flexibility index (Phi) is 5.03. The Morgan fingerprint density at radius 2 is 1.61 bits per heavy atom. The fraction of sp³-hybridized carbons (Fsp3) is 0.217. The predicted molar refractivity (Wildman–Crippen MR) is 116 cm³/mol. The van der Waals surface area contributed by atoms with Crippen molar-refractivity contribution in [1.82, 2.24) is 18.8 Å². The van der Waals surface area contributed by atoms with E-state index in [1.807, 2.05) is 42.5 Å². The van der Waals surface area contributed by atoms with Gasteiger partial charge in [-0.1, -0.05) is 30.3 Å². The summed E-state index contributed by atoms with van der Waals surface area (Å²) in [5, 5.41) is 0. The Bertz CT molecular complexity index is 1310. The maximum Gasteiger partial charge on any atom is 0.243 e. The summed E-state index contributed by atoms with van der Waals surface area (Å²) < 4.78 is 42.8. The van der Waals surface area contributed by atoms with E-state index < -0.39 is 15.8 Å². The van der Waals surface area contributed by atoms with E-state index in [-0.39, 0.29) is 10.9 Å². The van der Waals surface area contributed by atoms with E-state index in [0.717, 1.165) is 22.6 Å². The van der Waals surface area contributed by atoms with E-state index in [1.165, 1.54) is 28.6 Å². The fourth-order valence-electron chi connectivity index (χ4n) is 4.16. The Balaban J connectivity index is 1.45. The minimum atomic E-state index is -3.65. The molecule has 2 aromatic heterocycles. The third-order valence-electron chi connectivity index (χ3n) is 5.72. The van der Waals surface area contributed by atoms with Crippen molar-refractivity contribution in [2.75, 3.05) is 13.1 Å². The highest BCUT2D eigenvalue weighted by molar-refractivity contribution is 7.89. The number of hydrogen-bond donors (Lipinski definition) is 0. The average Bonchev–Trinajstić information content (AvgIpc) is 3.20. The molecular weight excluding hydrogens is 415 g/mol. The number of nitrogens with zero attached hydrogens (tertiary/aromatic N) is 4. The van der Waals surface area contributed by atoms with Gasteiger partial charge in [-0.3, -0.25) is 0 Å². The van der Waals surface area contributed by atoms with Crippen LogP contribution in [0, 0.1) is 5.82 Å². The van der Waals surface area contributed by atoms with Gasteiger partial charge < -0.3 is 4.57 Å². The number of halogens is 1. The summed E-state index contributed by atoms with van der Waals surface area (Å²) in [5.74, 6) is 0.389. The largest absolute Gasteiger partial charge is 0.305 e. The SMILES string of the molecule is O=S(=O)(c1ccc(F)cc1)N1CCC(n2c(-c3ccccc3)nc3cccnc32)CC1. The van der Waals surface area contributed by atoms with Crippen LogP contribution < -0.4 is 0 Å². The number of imidazole rings is 1. The lowest BCUT2D eigenvalue weighted by molar-refractivity contribution is 0.278. The Morgan fingerprint density at radius 3 is 2.32 bits per heavy atom. The number of piperidine rings is 1. The van der Waals surface area contributed by atoms with E-state index in [2.05, 4.69) is 9.55 Å². The molecule has 0 bridgehead atoms. The van der Waals surface area contributed by atoms with Gasteiger partial charge in [0.15, 0.2) is 5.65 Å². The van der Waals surface area contributed by atoms with Crippen LogP contribution in [-0.4, -0.2) is 40.3 Å². The molecule has 0 saturated carbocycles. The number of aromatic nitrogens is 3. The molecule has 1 saturated heterocycles. The van der Waals surface area contributed by atoms with E-state index >= 15 is 0 Å².